The van der Waals surface area contributed by atoms with E-state index in [4.69, 9.17) is 11.6 Å². The monoisotopic (exact) mass is 346 g/mol. The Morgan fingerprint density at radius 3 is 3.00 bits per heavy atom. The first kappa shape index (κ1) is 15.9. The molecule has 0 spiro atoms. The van der Waals surface area contributed by atoms with Crippen molar-refractivity contribution in [1.29, 1.82) is 0 Å². The normalized spacial score (nSPS) is 12.3. The van der Waals surface area contributed by atoms with Crippen LogP contribution in [0.5, 0.6) is 0 Å². The molecule has 2 aromatic carbocycles. The molecular formula is C17H15ClN2O2S. The SMILES string of the molecule is O=C(NCCC(O)c1cccc(Cl)c1)c1ccc2ncsc2c1. The lowest BCUT2D eigenvalue weighted by Crippen LogP contribution is -2.25. The number of halogens is 1. The van der Waals surface area contributed by atoms with Gasteiger partial charge in [0.05, 0.1) is 21.8 Å². The first-order valence-electron chi connectivity index (χ1n) is 7.18. The fourth-order valence-corrected chi connectivity index (χ4v) is 3.22. The summed E-state index contributed by atoms with van der Waals surface area (Å²) in [6, 6.07) is 12.5. The van der Waals surface area contributed by atoms with Gasteiger partial charge in [0.2, 0.25) is 0 Å². The van der Waals surface area contributed by atoms with Crippen LogP contribution < -0.4 is 5.32 Å². The minimum Gasteiger partial charge on any atom is -0.388 e. The van der Waals surface area contributed by atoms with Crippen LogP contribution >= 0.6 is 22.9 Å². The summed E-state index contributed by atoms with van der Waals surface area (Å²) in [5.41, 5.74) is 3.99. The van der Waals surface area contributed by atoms with Gasteiger partial charge in [0.1, 0.15) is 0 Å². The van der Waals surface area contributed by atoms with Crippen molar-refractivity contribution in [3.63, 3.8) is 0 Å². The molecule has 1 amide bonds. The van der Waals surface area contributed by atoms with Crippen molar-refractivity contribution in [2.75, 3.05) is 6.54 Å². The Morgan fingerprint density at radius 2 is 2.17 bits per heavy atom. The number of aromatic nitrogens is 1. The van der Waals surface area contributed by atoms with Crippen LogP contribution in [-0.4, -0.2) is 22.5 Å². The number of carbonyl (C=O) groups is 1. The number of amides is 1. The van der Waals surface area contributed by atoms with Crippen LogP contribution in [0.25, 0.3) is 10.2 Å². The maximum Gasteiger partial charge on any atom is 0.251 e. The molecule has 0 aliphatic rings. The molecule has 1 aromatic heterocycles. The number of thiazole rings is 1. The highest BCUT2D eigenvalue weighted by Gasteiger charge is 2.10. The molecule has 118 valence electrons. The summed E-state index contributed by atoms with van der Waals surface area (Å²) in [5.74, 6) is -0.154. The zero-order valence-electron chi connectivity index (χ0n) is 12.2. The number of benzene rings is 2. The van der Waals surface area contributed by atoms with Crippen molar-refractivity contribution in [3.8, 4) is 0 Å². The van der Waals surface area contributed by atoms with Crippen LogP contribution in [0.4, 0.5) is 0 Å². The molecule has 0 saturated heterocycles. The third kappa shape index (κ3) is 3.88. The van der Waals surface area contributed by atoms with Crippen LogP contribution in [0, 0.1) is 0 Å². The highest BCUT2D eigenvalue weighted by Crippen LogP contribution is 2.21. The molecule has 0 bridgehead atoms. The van der Waals surface area contributed by atoms with Crippen molar-refractivity contribution in [1.82, 2.24) is 10.3 Å². The van der Waals surface area contributed by atoms with E-state index in [1.165, 1.54) is 11.3 Å². The Labute approximate surface area is 142 Å². The topological polar surface area (TPSA) is 62.2 Å². The molecule has 23 heavy (non-hydrogen) atoms. The summed E-state index contributed by atoms with van der Waals surface area (Å²) >= 11 is 7.41. The van der Waals surface area contributed by atoms with Crippen molar-refractivity contribution in [3.05, 3.63) is 64.1 Å². The third-order valence-corrected chi connectivity index (χ3v) is 4.56. The number of hydrogen-bond acceptors (Lipinski definition) is 4. The van der Waals surface area contributed by atoms with Crippen LogP contribution in [0.3, 0.4) is 0 Å². The quantitative estimate of drug-likeness (QED) is 0.738. The minimum absolute atomic E-state index is 0.154. The Hall–Kier alpha value is -1.95. The van der Waals surface area contributed by atoms with Crippen LogP contribution in [-0.2, 0) is 0 Å². The summed E-state index contributed by atoms with van der Waals surface area (Å²) in [6.45, 7) is 0.382. The summed E-state index contributed by atoms with van der Waals surface area (Å²) in [4.78, 5) is 16.3. The molecule has 1 unspecified atom stereocenters. The van der Waals surface area contributed by atoms with E-state index in [0.717, 1.165) is 15.8 Å². The third-order valence-electron chi connectivity index (χ3n) is 3.53. The number of nitrogens with one attached hydrogen (secondary N) is 1. The lowest BCUT2D eigenvalue weighted by Gasteiger charge is -2.12. The molecule has 6 heteroatoms. The number of hydrogen-bond donors (Lipinski definition) is 2. The van der Waals surface area contributed by atoms with Gasteiger partial charge < -0.3 is 10.4 Å². The zero-order chi connectivity index (χ0) is 16.2. The van der Waals surface area contributed by atoms with Crippen molar-refractivity contribution >= 4 is 39.1 Å². The van der Waals surface area contributed by atoms with Gasteiger partial charge in [-0.1, -0.05) is 23.7 Å². The molecule has 3 aromatic rings. The van der Waals surface area contributed by atoms with E-state index in [2.05, 4.69) is 10.3 Å². The Bertz CT molecular complexity index is 834. The van der Waals surface area contributed by atoms with Crippen molar-refractivity contribution < 1.29 is 9.90 Å². The lowest BCUT2D eigenvalue weighted by atomic mass is 10.1. The fourth-order valence-electron chi connectivity index (χ4n) is 2.30. The second-order valence-corrected chi connectivity index (χ2v) is 6.47. The first-order valence-corrected chi connectivity index (χ1v) is 8.44. The maximum absolute atomic E-state index is 12.2. The summed E-state index contributed by atoms with van der Waals surface area (Å²) < 4.78 is 0.983. The Morgan fingerprint density at radius 1 is 1.30 bits per heavy atom. The van der Waals surface area contributed by atoms with Gasteiger partial charge in [-0.25, -0.2) is 4.98 Å². The van der Waals surface area contributed by atoms with Gasteiger partial charge >= 0.3 is 0 Å². The molecule has 2 N–H and O–H groups in total. The molecule has 0 fully saturated rings. The number of aliphatic hydroxyl groups is 1. The molecule has 4 nitrogen and oxygen atoms in total. The largest absolute Gasteiger partial charge is 0.388 e. The van der Waals surface area contributed by atoms with E-state index in [1.54, 1.807) is 29.8 Å². The summed E-state index contributed by atoms with van der Waals surface area (Å²) in [5, 5.41) is 13.5. The van der Waals surface area contributed by atoms with E-state index >= 15 is 0 Å². The minimum atomic E-state index is -0.655. The molecule has 0 aliphatic heterocycles. The average Bonchev–Trinajstić information content (AvgIpc) is 3.02. The second kappa shape index (κ2) is 7.08. The number of rotatable bonds is 5. The molecule has 0 radical (unpaired) electrons. The molecular weight excluding hydrogens is 332 g/mol. The van der Waals surface area contributed by atoms with E-state index in [1.807, 2.05) is 18.2 Å². The van der Waals surface area contributed by atoms with Gasteiger partial charge in [0.25, 0.3) is 5.91 Å². The van der Waals surface area contributed by atoms with E-state index in [-0.39, 0.29) is 5.91 Å². The highest BCUT2D eigenvalue weighted by molar-refractivity contribution is 7.16. The zero-order valence-corrected chi connectivity index (χ0v) is 13.8. The lowest BCUT2D eigenvalue weighted by molar-refractivity contribution is 0.0943. The van der Waals surface area contributed by atoms with Crippen LogP contribution in [0.15, 0.2) is 48.0 Å². The fraction of sp³-hybridized carbons (Fsp3) is 0.176. The number of carbonyl (C=O) groups excluding carboxylic acids is 1. The maximum atomic E-state index is 12.2. The standard InChI is InChI=1S/C17H15ClN2O2S/c18-13-3-1-2-11(8-13)15(21)6-7-19-17(22)12-4-5-14-16(9-12)23-10-20-14/h1-5,8-10,15,21H,6-7H2,(H,19,22). The number of nitrogens with zero attached hydrogens (tertiary/aromatic N) is 1. The van der Waals surface area contributed by atoms with E-state index < -0.39 is 6.10 Å². The summed E-state index contributed by atoms with van der Waals surface area (Å²) in [6.07, 6.45) is -0.229. The second-order valence-electron chi connectivity index (χ2n) is 5.15. The highest BCUT2D eigenvalue weighted by atomic mass is 35.5. The Balaban J connectivity index is 1.56. The van der Waals surface area contributed by atoms with E-state index in [9.17, 15) is 9.90 Å². The summed E-state index contributed by atoms with van der Waals surface area (Å²) in [7, 11) is 0. The molecule has 0 aliphatic carbocycles. The van der Waals surface area contributed by atoms with Crippen LogP contribution in [0.2, 0.25) is 5.02 Å². The van der Waals surface area contributed by atoms with Gasteiger partial charge in [0, 0.05) is 17.1 Å². The van der Waals surface area contributed by atoms with E-state index in [0.29, 0.717) is 23.6 Å². The Kier molecular flexibility index (Phi) is 4.91. The first-order chi connectivity index (χ1) is 11.1. The number of fused-ring (bicyclic) bond motifs is 1. The predicted molar refractivity (Wildman–Crippen MR) is 93.0 cm³/mol. The average molecular weight is 347 g/mol. The van der Waals surface area contributed by atoms with Gasteiger partial charge in [-0.3, -0.25) is 4.79 Å². The van der Waals surface area contributed by atoms with Crippen LogP contribution in [0.1, 0.15) is 28.4 Å². The van der Waals surface area contributed by atoms with Gasteiger partial charge in [-0.2, -0.15) is 0 Å². The van der Waals surface area contributed by atoms with Gasteiger partial charge in [-0.05, 0) is 42.3 Å². The molecule has 0 saturated carbocycles. The van der Waals surface area contributed by atoms with Gasteiger partial charge in [0.15, 0.2) is 0 Å². The molecule has 1 heterocycles. The number of aliphatic hydroxyl groups excluding tert-OH is 1. The van der Waals surface area contributed by atoms with Gasteiger partial charge in [-0.15, -0.1) is 11.3 Å². The smallest absolute Gasteiger partial charge is 0.251 e. The van der Waals surface area contributed by atoms with Crippen molar-refractivity contribution in [2.24, 2.45) is 0 Å². The van der Waals surface area contributed by atoms with Crippen molar-refractivity contribution in [2.45, 2.75) is 12.5 Å². The predicted octanol–water partition coefficient (Wildman–Crippen LogP) is 3.80. The molecule has 3 rings (SSSR count). The molecule has 1 atom stereocenters.